The maximum atomic E-state index is 8.88. The first-order valence-electron chi connectivity index (χ1n) is 0.783. The fraction of sp³-hybridized carbons (Fsp3) is 0. The van der Waals surface area contributed by atoms with E-state index in [9.17, 15) is 0 Å². The van der Waals surface area contributed by atoms with E-state index in [1.54, 1.807) is 0 Å². The fourth-order valence-corrected chi connectivity index (χ4v) is 0. The standard InChI is InChI=1S/Ca.Fe.Mn.H3O4P.H2O.2H/c;;;1-5(2,3)4;;;/h;;;(H3,1,2,3,4);1H2;;/q+2;;;;;2*-1. The molecule has 5 N–H and O–H groups in total. The van der Waals surface area contributed by atoms with Crippen LogP contribution in [0.15, 0.2) is 0 Å². The van der Waals surface area contributed by atoms with Crippen LogP contribution in [0.2, 0.25) is 0 Å². The molecule has 0 fully saturated rings. The van der Waals surface area contributed by atoms with E-state index >= 15 is 0 Å². The van der Waals surface area contributed by atoms with Crippen molar-refractivity contribution in [3.05, 3.63) is 0 Å². The molecule has 0 aromatic carbocycles. The zero-order valence-corrected chi connectivity index (χ0v) is 9.52. The molecule has 0 rings (SSSR count). The summed E-state index contributed by atoms with van der Waals surface area (Å²) in [5, 5.41) is 0. The Morgan fingerprint density at radius 2 is 1.22 bits per heavy atom. The molecule has 0 aliphatic carbocycles. The third kappa shape index (κ3) is 129. The Labute approximate surface area is 106 Å². The van der Waals surface area contributed by atoms with E-state index in [1.807, 2.05) is 0 Å². The van der Waals surface area contributed by atoms with Gasteiger partial charge in [-0.2, -0.15) is 0 Å². The van der Waals surface area contributed by atoms with Crippen molar-refractivity contribution in [3.63, 3.8) is 0 Å². The van der Waals surface area contributed by atoms with Crippen LogP contribution in [-0.2, 0) is 38.7 Å². The molecule has 0 saturated heterocycles. The molecule has 9 heteroatoms. The zero-order chi connectivity index (χ0) is 4.50. The fourth-order valence-electron chi connectivity index (χ4n) is 0. The van der Waals surface area contributed by atoms with Gasteiger partial charge >= 0.3 is 45.6 Å². The van der Waals surface area contributed by atoms with Crippen LogP contribution in [0.1, 0.15) is 2.85 Å². The van der Waals surface area contributed by atoms with Crippen LogP contribution < -0.4 is 0 Å². The second-order valence-electron chi connectivity index (χ2n) is 0.513. The smallest absolute Gasteiger partial charge is 1.00 e. The molecule has 1 radical (unpaired) electrons. The van der Waals surface area contributed by atoms with E-state index < -0.39 is 7.82 Å². The molecule has 0 atom stereocenters. The molecule has 0 heterocycles. The van der Waals surface area contributed by atoms with Gasteiger partial charge in [-0.05, 0) is 0 Å². The quantitative estimate of drug-likeness (QED) is 0.352. The average molecular weight is 269 g/mol. The van der Waals surface area contributed by atoms with Gasteiger partial charge in [-0.1, -0.05) is 0 Å². The van der Waals surface area contributed by atoms with Crippen molar-refractivity contribution < 1.29 is 61.7 Å². The Morgan fingerprint density at radius 1 is 1.22 bits per heavy atom. The van der Waals surface area contributed by atoms with Gasteiger partial charge < -0.3 is 23.0 Å². The third-order valence-electron chi connectivity index (χ3n) is 0. The Kier molecular flexibility index (Phi) is 43.5. The van der Waals surface area contributed by atoms with E-state index in [4.69, 9.17) is 19.2 Å². The molecule has 9 heavy (non-hydrogen) atoms. The summed E-state index contributed by atoms with van der Waals surface area (Å²) in [5.74, 6) is 0. The van der Waals surface area contributed by atoms with Crippen molar-refractivity contribution >= 4 is 45.6 Å². The van der Waals surface area contributed by atoms with Crippen LogP contribution in [0.25, 0.3) is 0 Å². The van der Waals surface area contributed by atoms with E-state index in [0.29, 0.717) is 0 Å². The average Bonchev–Trinajstić information content (AvgIpc) is 0.722. The molecule has 0 bridgehead atoms. The summed E-state index contributed by atoms with van der Waals surface area (Å²) in [6, 6.07) is 0. The topological polar surface area (TPSA) is 109 Å². The molecule has 59 valence electrons. The van der Waals surface area contributed by atoms with Crippen molar-refractivity contribution in [2.24, 2.45) is 0 Å². The minimum Gasteiger partial charge on any atom is -1.00 e. The van der Waals surface area contributed by atoms with Gasteiger partial charge in [0.2, 0.25) is 0 Å². The number of rotatable bonds is 0. The molecule has 0 aromatic rings. The molecule has 0 aromatic heterocycles. The largest absolute Gasteiger partial charge is 2.00 e. The number of hydrogen-bond donors (Lipinski definition) is 3. The summed E-state index contributed by atoms with van der Waals surface area (Å²) in [6.45, 7) is 0. The second-order valence-corrected chi connectivity index (χ2v) is 1.54. The van der Waals surface area contributed by atoms with Gasteiger partial charge in [0.1, 0.15) is 0 Å². The Morgan fingerprint density at radius 3 is 1.22 bits per heavy atom. The zero-order valence-electron chi connectivity index (χ0n) is 6.14. The van der Waals surface area contributed by atoms with Gasteiger partial charge in [-0.15, -0.1) is 0 Å². The normalized spacial score (nSPS) is 6.56. The second kappa shape index (κ2) is 13.0. The van der Waals surface area contributed by atoms with Crippen molar-refractivity contribution in [1.29, 1.82) is 0 Å². The van der Waals surface area contributed by atoms with Crippen LogP contribution in [0.3, 0.4) is 0 Å². The number of hydrogen-bond acceptors (Lipinski definition) is 1. The van der Waals surface area contributed by atoms with Gasteiger partial charge in [0.05, 0.1) is 0 Å². The summed E-state index contributed by atoms with van der Waals surface area (Å²) in [4.78, 5) is 21.6. The maximum Gasteiger partial charge on any atom is 2.00 e. The molecule has 0 unspecified atom stereocenters. The Bertz CT molecular complexity index is 70.6. The summed E-state index contributed by atoms with van der Waals surface area (Å²) >= 11 is 0. The minimum absolute atomic E-state index is 0. The van der Waals surface area contributed by atoms with E-state index in [1.165, 1.54) is 0 Å². The van der Waals surface area contributed by atoms with Crippen molar-refractivity contribution in [3.8, 4) is 0 Å². The van der Waals surface area contributed by atoms with Crippen LogP contribution in [0, 0.1) is 0 Å². The molecule has 0 saturated carbocycles. The molecule has 0 aliphatic rings. The summed E-state index contributed by atoms with van der Waals surface area (Å²) in [5.41, 5.74) is 0. The van der Waals surface area contributed by atoms with Gasteiger partial charge in [-0.25, -0.2) is 4.57 Å². The maximum absolute atomic E-state index is 8.88. The molecule has 5 nitrogen and oxygen atoms in total. The van der Waals surface area contributed by atoms with Crippen LogP contribution in [0.4, 0.5) is 0 Å². The van der Waals surface area contributed by atoms with Crippen LogP contribution >= 0.6 is 7.82 Å². The molecule has 0 spiro atoms. The monoisotopic (exact) mass is 269 g/mol. The summed E-state index contributed by atoms with van der Waals surface area (Å²) in [6.07, 6.45) is 0. The first-order valence-corrected chi connectivity index (χ1v) is 2.35. The molecular formula is H7CaFeMnO5P. The summed E-state index contributed by atoms with van der Waals surface area (Å²) < 4.78 is 8.88. The molecule has 0 aliphatic heterocycles. The van der Waals surface area contributed by atoms with Gasteiger partial charge in [0, 0.05) is 34.1 Å². The predicted octanol–water partition coefficient (Wildman–Crippen LogP) is -1.91. The minimum atomic E-state index is -4.64. The first-order chi connectivity index (χ1) is 2.00. The van der Waals surface area contributed by atoms with Gasteiger partial charge in [0.25, 0.3) is 0 Å². The van der Waals surface area contributed by atoms with E-state index in [0.717, 1.165) is 0 Å². The summed E-state index contributed by atoms with van der Waals surface area (Å²) in [7, 11) is -4.64. The molecular weight excluding hydrogens is 262 g/mol. The number of phosphoric acid groups is 1. The predicted molar refractivity (Wildman–Crippen MR) is 25.9 cm³/mol. The molecule has 0 amide bonds. The van der Waals surface area contributed by atoms with Crippen LogP contribution in [0.5, 0.6) is 0 Å². The Balaban J connectivity index is -0.00000000533. The van der Waals surface area contributed by atoms with E-state index in [-0.39, 0.29) is 80.2 Å². The van der Waals surface area contributed by atoms with Crippen molar-refractivity contribution in [1.82, 2.24) is 0 Å². The first kappa shape index (κ1) is 30.1. The van der Waals surface area contributed by atoms with Crippen molar-refractivity contribution in [2.45, 2.75) is 0 Å². The third-order valence-corrected chi connectivity index (χ3v) is 0. The van der Waals surface area contributed by atoms with E-state index in [2.05, 4.69) is 0 Å². The van der Waals surface area contributed by atoms with Gasteiger partial charge in [0.15, 0.2) is 0 Å². The van der Waals surface area contributed by atoms with Gasteiger partial charge in [-0.3, -0.25) is 0 Å². The Hall–Kier alpha value is 2.37. The van der Waals surface area contributed by atoms with Crippen molar-refractivity contribution in [2.75, 3.05) is 0 Å². The van der Waals surface area contributed by atoms with Crippen LogP contribution in [-0.4, -0.2) is 57.9 Å². The SMILES string of the molecule is O.O=P(O)(O)O.[Ca+2].[Fe].[H-].[H-].[Mn].